The smallest absolute Gasteiger partial charge is 0.242 e. The fourth-order valence-corrected chi connectivity index (χ4v) is 2.78. The maximum absolute atomic E-state index is 12.3. The van der Waals surface area contributed by atoms with Crippen LogP contribution in [0.25, 0.3) is 0 Å². The third-order valence-electron chi connectivity index (χ3n) is 4.09. The molecule has 0 unspecified atom stereocenters. The zero-order chi connectivity index (χ0) is 19.5. The summed E-state index contributed by atoms with van der Waals surface area (Å²) in [6.45, 7) is 10.1. The molecule has 7 heteroatoms. The van der Waals surface area contributed by atoms with E-state index >= 15 is 0 Å². The van der Waals surface area contributed by atoms with Crippen molar-refractivity contribution >= 4 is 35.8 Å². The first-order valence-electron chi connectivity index (χ1n) is 9.40. The number of nitrogens with zero attached hydrogens (tertiary/aromatic N) is 4. The summed E-state index contributed by atoms with van der Waals surface area (Å²) in [4.78, 5) is 22.9. The standard InChI is InChI=1S/C20H35N5O.HI/c1-7-21-20(24(6)16-19(26)25(8-2)9-3)22-14-17-11-10-12-18(13-17)15-23(4)5;/h10-13H,7-9,14-16H2,1-6H3,(H,21,22);1H. The van der Waals surface area contributed by atoms with E-state index in [1.54, 1.807) is 0 Å². The number of carbonyl (C=O) groups is 1. The molecule has 1 amide bonds. The van der Waals surface area contributed by atoms with E-state index in [0.29, 0.717) is 13.1 Å². The van der Waals surface area contributed by atoms with Gasteiger partial charge < -0.3 is 20.0 Å². The van der Waals surface area contributed by atoms with E-state index in [1.807, 2.05) is 37.6 Å². The Morgan fingerprint density at radius 2 is 1.70 bits per heavy atom. The second kappa shape index (κ2) is 13.8. The Hall–Kier alpha value is -1.35. The van der Waals surface area contributed by atoms with Gasteiger partial charge in [0, 0.05) is 33.2 Å². The predicted octanol–water partition coefficient (Wildman–Crippen LogP) is 2.63. The summed E-state index contributed by atoms with van der Waals surface area (Å²) in [7, 11) is 6.04. The average Bonchev–Trinajstić information content (AvgIpc) is 2.59. The van der Waals surface area contributed by atoms with Gasteiger partial charge in [-0.3, -0.25) is 4.79 Å². The van der Waals surface area contributed by atoms with Crippen LogP contribution in [-0.4, -0.2) is 73.9 Å². The highest BCUT2D eigenvalue weighted by molar-refractivity contribution is 14.0. The van der Waals surface area contributed by atoms with Crippen molar-refractivity contribution in [3.8, 4) is 0 Å². The van der Waals surface area contributed by atoms with Gasteiger partial charge in [-0.2, -0.15) is 0 Å². The van der Waals surface area contributed by atoms with Crippen molar-refractivity contribution in [2.24, 2.45) is 4.99 Å². The monoisotopic (exact) mass is 489 g/mol. The van der Waals surface area contributed by atoms with Crippen LogP contribution in [0, 0.1) is 0 Å². The van der Waals surface area contributed by atoms with Gasteiger partial charge in [-0.1, -0.05) is 24.3 Å². The first-order valence-corrected chi connectivity index (χ1v) is 9.40. The molecule has 0 aliphatic heterocycles. The number of hydrogen-bond donors (Lipinski definition) is 1. The Labute approximate surface area is 182 Å². The van der Waals surface area contributed by atoms with Crippen LogP contribution in [0.1, 0.15) is 31.9 Å². The number of guanidine groups is 1. The van der Waals surface area contributed by atoms with Crippen LogP contribution in [0.5, 0.6) is 0 Å². The van der Waals surface area contributed by atoms with Crippen LogP contribution >= 0.6 is 24.0 Å². The Kier molecular flexibility index (Phi) is 13.1. The molecule has 0 saturated heterocycles. The number of amides is 1. The second-order valence-corrected chi connectivity index (χ2v) is 6.65. The van der Waals surface area contributed by atoms with Gasteiger partial charge in [0.1, 0.15) is 0 Å². The first kappa shape index (κ1) is 25.6. The van der Waals surface area contributed by atoms with E-state index in [2.05, 4.69) is 48.6 Å². The van der Waals surface area contributed by atoms with E-state index < -0.39 is 0 Å². The van der Waals surface area contributed by atoms with Crippen molar-refractivity contribution < 1.29 is 4.79 Å². The number of likely N-dealkylation sites (N-methyl/N-ethyl adjacent to an activating group) is 2. The Balaban J connectivity index is 0.00000676. The number of hydrogen-bond acceptors (Lipinski definition) is 3. The molecule has 0 atom stereocenters. The third kappa shape index (κ3) is 9.41. The lowest BCUT2D eigenvalue weighted by molar-refractivity contribution is -0.131. The summed E-state index contributed by atoms with van der Waals surface area (Å²) in [6, 6.07) is 8.49. The maximum Gasteiger partial charge on any atom is 0.242 e. The van der Waals surface area contributed by atoms with Gasteiger partial charge >= 0.3 is 0 Å². The van der Waals surface area contributed by atoms with Crippen LogP contribution in [0.15, 0.2) is 29.3 Å². The van der Waals surface area contributed by atoms with Gasteiger partial charge in [0.25, 0.3) is 0 Å². The number of carbonyl (C=O) groups excluding carboxylic acids is 1. The molecule has 1 rings (SSSR count). The molecular formula is C20H36IN5O. The van der Waals surface area contributed by atoms with Gasteiger partial charge in [0.2, 0.25) is 5.91 Å². The molecule has 27 heavy (non-hydrogen) atoms. The minimum atomic E-state index is 0. The fraction of sp³-hybridized carbons (Fsp3) is 0.600. The molecule has 1 aromatic rings. The predicted molar refractivity (Wildman–Crippen MR) is 125 cm³/mol. The van der Waals surface area contributed by atoms with Gasteiger partial charge in [-0.15, -0.1) is 24.0 Å². The molecule has 0 aliphatic carbocycles. The molecule has 0 bridgehead atoms. The van der Waals surface area contributed by atoms with Gasteiger partial charge in [-0.05, 0) is 46.0 Å². The van der Waals surface area contributed by atoms with E-state index in [-0.39, 0.29) is 29.9 Å². The van der Waals surface area contributed by atoms with Crippen molar-refractivity contribution in [2.75, 3.05) is 47.3 Å². The van der Waals surface area contributed by atoms with Crippen molar-refractivity contribution in [1.29, 1.82) is 0 Å². The van der Waals surface area contributed by atoms with E-state index in [4.69, 9.17) is 4.99 Å². The van der Waals surface area contributed by atoms with E-state index in [1.165, 1.54) is 11.1 Å². The van der Waals surface area contributed by atoms with E-state index in [9.17, 15) is 4.79 Å². The molecular weight excluding hydrogens is 453 g/mol. The number of nitrogens with one attached hydrogen (secondary N) is 1. The second-order valence-electron chi connectivity index (χ2n) is 6.65. The lowest BCUT2D eigenvalue weighted by Crippen LogP contribution is -2.45. The summed E-state index contributed by atoms with van der Waals surface area (Å²) in [6.07, 6.45) is 0. The molecule has 1 N–H and O–H groups in total. The van der Waals surface area contributed by atoms with Gasteiger partial charge in [0.05, 0.1) is 13.1 Å². The molecule has 0 spiro atoms. The van der Waals surface area contributed by atoms with Crippen LogP contribution in [0.4, 0.5) is 0 Å². The van der Waals surface area contributed by atoms with Gasteiger partial charge in [-0.25, -0.2) is 4.99 Å². The molecule has 0 fully saturated rings. The summed E-state index contributed by atoms with van der Waals surface area (Å²) in [5, 5.41) is 3.28. The molecule has 1 aromatic carbocycles. The molecule has 6 nitrogen and oxygen atoms in total. The zero-order valence-electron chi connectivity index (χ0n) is 17.7. The third-order valence-corrected chi connectivity index (χ3v) is 4.09. The number of rotatable bonds is 9. The maximum atomic E-state index is 12.3. The molecule has 0 heterocycles. The molecule has 0 radical (unpaired) electrons. The topological polar surface area (TPSA) is 51.2 Å². The number of aliphatic imine (C=N–C) groups is 1. The SMILES string of the molecule is CCNC(=NCc1cccc(CN(C)C)c1)N(C)CC(=O)N(CC)CC.I. The lowest BCUT2D eigenvalue weighted by atomic mass is 10.1. The summed E-state index contributed by atoms with van der Waals surface area (Å²) in [5.74, 6) is 0.877. The molecule has 0 aromatic heterocycles. The molecule has 154 valence electrons. The summed E-state index contributed by atoms with van der Waals surface area (Å²) in [5.41, 5.74) is 2.45. The minimum absolute atomic E-state index is 0. The summed E-state index contributed by atoms with van der Waals surface area (Å²) >= 11 is 0. The number of halogens is 1. The molecule has 0 saturated carbocycles. The van der Waals surface area contributed by atoms with Crippen molar-refractivity contribution in [2.45, 2.75) is 33.9 Å². The number of benzene rings is 1. The molecule has 0 aliphatic rings. The fourth-order valence-electron chi connectivity index (χ4n) is 2.78. The van der Waals surface area contributed by atoms with Crippen LogP contribution in [0.3, 0.4) is 0 Å². The Morgan fingerprint density at radius 1 is 1.07 bits per heavy atom. The minimum Gasteiger partial charge on any atom is -0.357 e. The highest BCUT2D eigenvalue weighted by Gasteiger charge is 2.14. The quantitative estimate of drug-likeness (QED) is 0.329. The normalized spacial score (nSPS) is 11.1. The highest BCUT2D eigenvalue weighted by Crippen LogP contribution is 2.08. The van der Waals surface area contributed by atoms with Crippen molar-refractivity contribution in [1.82, 2.24) is 20.0 Å². The summed E-state index contributed by atoms with van der Waals surface area (Å²) < 4.78 is 0. The van der Waals surface area contributed by atoms with Crippen LogP contribution in [0.2, 0.25) is 0 Å². The first-order chi connectivity index (χ1) is 12.4. The van der Waals surface area contributed by atoms with Crippen molar-refractivity contribution in [3.63, 3.8) is 0 Å². The Morgan fingerprint density at radius 3 is 2.26 bits per heavy atom. The largest absolute Gasteiger partial charge is 0.357 e. The highest BCUT2D eigenvalue weighted by atomic mass is 127. The zero-order valence-corrected chi connectivity index (χ0v) is 20.0. The van der Waals surface area contributed by atoms with Crippen molar-refractivity contribution in [3.05, 3.63) is 35.4 Å². The van der Waals surface area contributed by atoms with Crippen LogP contribution < -0.4 is 5.32 Å². The van der Waals surface area contributed by atoms with Crippen LogP contribution in [-0.2, 0) is 17.9 Å². The average molecular weight is 489 g/mol. The van der Waals surface area contributed by atoms with E-state index in [0.717, 1.165) is 32.1 Å². The lowest BCUT2D eigenvalue weighted by Gasteiger charge is -2.25. The Bertz CT molecular complexity index is 587. The van der Waals surface area contributed by atoms with Gasteiger partial charge in [0.15, 0.2) is 5.96 Å².